The summed E-state index contributed by atoms with van der Waals surface area (Å²) in [5, 5.41) is 3.76. The van der Waals surface area contributed by atoms with E-state index in [0.29, 0.717) is 16.9 Å². The number of hydrogen-bond donors (Lipinski definition) is 1. The maximum absolute atomic E-state index is 4.57. The molecule has 0 aromatic rings. The predicted octanol–water partition coefficient (Wildman–Crippen LogP) is -0.0129. The molecule has 3 aliphatic rings. The van der Waals surface area contributed by atoms with Crippen LogP contribution in [-0.2, 0) is 0 Å². The molecule has 1 aliphatic heterocycles. The summed E-state index contributed by atoms with van der Waals surface area (Å²) in [6, 6.07) is 0.679. The van der Waals surface area contributed by atoms with Crippen LogP contribution in [0.2, 0.25) is 0 Å². The molecule has 2 saturated carbocycles. The van der Waals surface area contributed by atoms with E-state index in [0.717, 1.165) is 12.5 Å². The minimum Gasteiger partial charge on any atom is -1.00 e. The van der Waals surface area contributed by atoms with Crippen molar-refractivity contribution in [2.24, 2.45) is 21.7 Å². The third-order valence-electron chi connectivity index (χ3n) is 6.01. The van der Waals surface area contributed by atoms with Crippen LogP contribution in [0.1, 0.15) is 52.9 Å². The van der Waals surface area contributed by atoms with Gasteiger partial charge in [0.25, 0.3) is 0 Å². The topological polar surface area (TPSA) is 24.4 Å². The van der Waals surface area contributed by atoms with Crippen molar-refractivity contribution in [2.75, 3.05) is 6.54 Å². The second kappa shape index (κ2) is 4.15. The van der Waals surface area contributed by atoms with Crippen molar-refractivity contribution in [3.8, 4) is 0 Å². The molecule has 1 N–H and O–H groups in total. The van der Waals surface area contributed by atoms with Gasteiger partial charge < -0.3 is 17.7 Å². The van der Waals surface area contributed by atoms with E-state index >= 15 is 0 Å². The van der Waals surface area contributed by atoms with E-state index in [-0.39, 0.29) is 12.4 Å². The van der Waals surface area contributed by atoms with Gasteiger partial charge in [-0.3, -0.25) is 4.99 Å². The van der Waals surface area contributed by atoms with E-state index in [1.807, 2.05) is 0 Å². The van der Waals surface area contributed by atoms with Crippen molar-refractivity contribution in [3.63, 3.8) is 0 Å². The third kappa shape index (κ3) is 1.71. The van der Waals surface area contributed by atoms with Gasteiger partial charge in [-0.05, 0) is 42.4 Å². The number of nitrogens with zero attached hydrogens (tertiary/aromatic N) is 1. The van der Waals surface area contributed by atoms with Crippen LogP contribution in [0, 0.1) is 16.7 Å². The molecule has 1 heterocycles. The zero-order valence-corrected chi connectivity index (χ0v) is 12.0. The van der Waals surface area contributed by atoms with E-state index in [1.165, 1.54) is 37.9 Å². The molecule has 3 unspecified atom stereocenters. The first kappa shape index (κ1) is 13.2. The Balaban J connectivity index is 0.00000108. The lowest BCUT2D eigenvalue weighted by molar-refractivity contribution is -0.00000382. The van der Waals surface area contributed by atoms with Gasteiger partial charge in [0, 0.05) is 19.0 Å². The SMILES string of the molecule is CC1(C)C2CCC1(C)C(NC1=NCCC1)C2.[Cl-]. The molecule has 0 aromatic carbocycles. The highest BCUT2D eigenvalue weighted by Crippen LogP contribution is 2.65. The van der Waals surface area contributed by atoms with Gasteiger partial charge in [-0.15, -0.1) is 0 Å². The third-order valence-corrected chi connectivity index (χ3v) is 6.01. The number of halogens is 1. The Labute approximate surface area is 111 Å². The normalized spacial score (nSPS) is 42.2. The molecule has 0 aromatic heterocycles. The Kier molecular flexibility index (Phi) is 3.22. The molecular formula is C14H24ClN2-. The second-order valence-electron chi connectivity index (χ2n) is 6.74. The number of fused-ring (bicyclic) bond motifs is 2. The Hall–Kier alpha value is -0.240. The molecule has 0 saturated heterocycles. The predicted molar refractivity (Wildman–Crippen MR) is 67.7 cm³/mol. The fourth-order valence-corrected chi connectivity index (χ4v) is 4.28. The molecule has 0 spiro atoms. The molecule has 0 radical (unpaired) electrons. The monoisotopic (exact) mass is 255 g/mol. The molecule has 2 aliphatic carbocycles. The standard InChI is InChI=1S/C14H24N2.ClH/c1-13(2)10-6-7-14(13,3)11(9-10)16-12-5-4-8-15-12;/h10-11H,4-9H2,1-3H3,(H,15,16);1H/p-1. The highest BCUT2D eigenvalue weighted by Gasteiger charge is 2.61. The van der Waals surface area contributed by atoms with Crippen LogP contribution in [-0.4, -0.2) is 18.4 Å². The molecule has 98 valence electrons. The fourth-order valence-electron chi connectivity index (χ4n) is 4.28. The zero-order chi connectivity index (χ0) is 11.4. The Morgan fingerprint density at radius 1 is 1.29 bits per heavy atom. The van der Waals surface area contributed by atoms with E-state index in [4.69, 9.17) is 0 Å². The summed E-state index contributed by atoms with van der Waals surface area (Å²) in [5.41, 5.74) is 1.01. The van der Waals surface area contributed by atoms with E-state index in [1.54, 1.807) is 0 Å². The first-order chi connectivity index (χ1) is 7.54. The highest BCUT2D eigenvalue weighted by molar-refractivity contribution is 5.84. The number of hydrogen-bond acceptors (Lipinski definition) is 2. The highest BCUT2D eigenvalue weighted by atomic mass is 35.5. The zero-order valence-electron chi connectivity index (χ0n) is 11.2. The van der Waals surface area contributed by atoms with E-state index in [9.17, 15) is 0 Å². The van der Waals surface area contributed by atoms with Crippen LogP contribution in [0.5, 0.6) is 0 Å². The minimum absolute atomic E-state index is 0. The molecule has 2 nitrogen and oxygen atoms in total. The lowest BCUT2D eigenvalue weighted by Gasteiger charge is -2.39. The molecule has 17 heavy (non-hydrogen) atoms. The first-order valence-electron chi connectivity index (χ1n) is 6.84. The summed E-state index contributed by atoms with van der Waals surface area (Å²) >= 11 is 0. The second-order valence-corrected chi connectivity index (χ2v) is 6.74. The average molecular weight is 256 g/mol. The molecule has 2 fully saturated rings. The van der Waals surface area contributed by atoms with Gasteiger partial charge in [0.2, 0.25) is 0 Å². The maximum atomic E-state index is 4.57. The van der Waals surface area contributed by atoms with E-state index < -0.39 is 0 Å². The Bertz CT molecular complexity index is 337. The van der Waals surface area contributed by atoms with Crippen molar-refractivity contribution >= 4 is 5.84 Å². The van der Waals surface area contributed by atoms with Crippen LogP contribution < -0.4 is 17.7 Å². The van der Waals surface area contributed by atoms with Gasteiger partial charge in [-0.1, -0.05) is 20.8 Å². The number of amidine groups is 1. The largest absolute Gasteiger partial charge is 1.00 e. The van der Waals surface area contributed by atoms with Gasteiger partial charge in [-0.25, -0.2) is 0 Å². The maximum Gasteiger partial charge on any atom is 0.0966 e. The van der Waals surface area contributed by atoms with Crippen LogP contribution in [0.25, 0.3) is 0 Å². The van der Waals surface area contributed by atoms with Crippen molar-refractivity contribution < 1.29 is 12.4 Å². The Morgan fingerprint density at radius 2 is 2.06 bits per heavy atom. The molecular weight excluding hydrogens is 232 g/mol. The van der Waals surface area contributed by atoms with Crippen LogP contribution in [0.15, 0.2) is 4.99 Å². The van der Waals surface area contributed by atoms with Crippen molar-refractivity contribution in [2.45, 2.75) is 58.9 Å². The first-order valence-corrected chi connectivity index (χ1v) is 6.84. The van der Waals surface area contributed by atoms with Crippen LogP contribution in [0.3, 0.4) is 0 Å². The van der Waals surface area contributed by atoms with Crippen LogP contribution in [0.4, 0.5) is 0 Å². The quantitative estimate of drug-likeness (QED) is 0.700. The van der Waals surface area contributed by atoms with E-state index in [2.05, 4.69) is 31.1 Å². The Morgan fingerprint density at radius 3 is 2.53 bits per heavy atom. The van der Waals surface area contributed by atoms with Gasteiger partial charge >= 0.3 is 0 Å². The minimum atomic E-state index is 0. The van der Waals surface area contributed by atoms with Crippen LogP contribution >= 0.6 is 0 Å². The number of aliphatic imine (C=N–C) groups is 1. The number of rotatable bonds is 1. The van der Waals surface area contributed by atoms with Crippen molar-refractivity contribution in [1.82, 2.24) is 5.32 Å². The summed E-state index contributed by atoms with van der Waals surface area (Å²) in [6.45, 7) is 8.48. The summed E-state index contributed by atoms with van der Waals surface area (Å²) in [4.78, 5) is 4.57. The van der Waals surface area contributed by atoms with Crippen molar-refractivity contribution in [1.29, 1.82) is 0 Å². The lowest BCUT2D eigenvalue weighted by Crippen LogP contribution is -3.00. The van der Waals surface area contributed by atoms with Gasteiger partial charge in [-0.2, -0.15) is 0 Å². The molecule has 3 heteroatoms. The van der Waals surface area contributed by atoms with Gasteiger partial charge in [0.15, 0.2) is 0 Å². The lowest BCUT2D eigenvalue weighted by atomic mass is 9.69. The molecule has 2 bridgehead atoms. The molecule has 0 amide bonds. The molecule has 3 rings (SSSR count). The summed E-state index contributed by atoms with van der Waals surface area (Å²) in [5.74, 6) is 2.21. The average Bonchev–Trinajstić information content (AvgIpc) is 2.84. The summed E-state index contributed by atoms with van der Waals surface area (Å²) in [7, 11) is 0. The fraction of sp³-hybridized carbons (Fsp3) is 0.929. The van der Waals surface area contributed by atoms with Gasteiger partial charge in [0.1, 0.15) is 0 Å². The smallest absolute Gasteiger partial charge is 0.0966 e. The van der Waals surface area contributed by atoms with Gasteiger partial charge in [0.05, 0.1) is 5.84 Å². The number of nitrogens with one attached hydrogen (secondary N) is 1. The molecule has 3 atom stereocenters. The summed E-state index contributed by atoms with van der Waals surface area (Å²) in [6.07, 6.45) is 6.63. The van der Waals surface area contributed by atoms with Crippen molar-refractivity contribution in [3.05, 3.63) is 0 Å². The summed E-state index contributed by atoms with van der Waals surface area (Å²) < 4.78 is 0.